The van der Waals surface area contributed by atoms with E-state index >= 15 is 0 Å². The number of Topliss-reactive ketones (excluding diaryl/α,β-unsaturated/α-hetero) is 1. The number of benzene rings is 2. The average molecular weight is 567 g/mol. The highest BCUT2D eigenvalue weighted by atomic mass is 16.5. The van der Waals surface area contributed by atoms with E-state index in [0.717, 1.165) is 31.5 Å². The first-order valence-electron chi connectivity index (χ1n) is 14.4. The summed E-state index contributed by atoms with van der Waals surface area (Å²) in [6, 6.07) is 9.95. The number of amides is 1. The fourth-order valence-electron chi connectivity index (χ4n) is 5.22. The maximum Gasteiger partial charge on any atom is 0.295 e. The number of methoxy groups -OCH3 is 1. The molecule has 2 fully saturated rings. The number of aryl methyl sites for hydroxylation is 1. The summed E-state index contributed by atoms with van der Waals surface area (Å²) < 4.78 is 22.8. The normalized spacial score (nSPS) is 19.2. The SMILES string of the molecule is CCCCOc1ccc(C2C(=C(O)c3ccc(OC(C)C)cc3C)C(=O)C(=O)N2CCN2CCOCC2)cc1OC. The molecule has 1 atom stereocenters. The molecule has 0 radical (unpaired) electrons. The van der Waals surface area contributed by atoms with Crippen LogP contribution < -0.4 is 14.2 Å². The molecule has 4 rings (SSSR count). The Morgan fingerprint density at radius 3 is 2.49 bits per heavy atom. The van der Waals surface area contributed by atoms with Crippen LogP contribution in [0.2, 0.25) is 0 Å². The third kappa shape index (κ3) is 7.02. The molecule has 2 aromatic carbocycles. The standard InChI is InChI=1S/C32H42N2O7/c1-6-7-16-40-26-11-8-23(20-27(26)38-5)29-28(30(35)25-10-9-24(19-22(25)4)41-21(2)3)31(36)32(37)34(29)13-12-33-14-17-39-18-15-33/h8-11,19-21,29,35H,6-7,12-18H2,1-5H3. The lowest BCUT2D eigenvalue weighted by molar-refractivity contribution is -0.140. The molecular weight excluding hydrogens is 524 g/mol. The Hall–Kier alpha value is -3.56. The van der Waals surface area contributed by atoms with Crippen molar-refractivity contribution < 1.29 is 33.6 Å². The van der Waals surface area contributed by atoms with Crippen LogP contribution in [0.5, 0.6) is 17.2 Å². The largest absolute Gasteiger partial charge is 0.507 e. The van der Waals surface area contributed by atoms with Gasteiger partial charge in [-0.15, -0.1) is 0 Å². The molecule has 1 N–H and O–H groups in total. The quantitative estimate of drug-likeness (QED) is 0.171. The molecule has 1 amide bonds. The molecule has 0 aromatic heterocycles. The number of hydrogen-bond acceptors (Lipinski definition) is 8. The molecule has 9 heteroatoms. The average Bonchev–Trinajstić information content (AvgIpc) is 3.21. The molecule has 2 aromatic rings. The first-order valence-corrected chi connectivity index (χ1v) is 14.4. The van der Waals surface area contributed by atoms with Crippen molar-refractivity contribution in [2.75, 3.05) is 53.1 Å². The van der Waals surface area contributed by atoms with E-state index in [-0.39, 0.29) is 17.4 Å². The summed E-state index contributed by atoms with van der Waals surface area (Å²) in [4.78, 5) is 30.8. The van der Waals surface area contributed by atoms with E-state index < -0.39 is 17.7 Å². The molecule has 9 nitrogen and oxygen atoms in total. The van der Waals surface area contributed by atoms with Crippen molar-refractivity contribution in [2.24, 2.45) is 0 Å². The summed E-state index contributed by atoms with van der Waals surface area (Å²) in [5.74, 6) is 0.205. The number of aliphatic hydroxyl groups is 1. The van der Waals surface area contributed by atoms with Gasteiger partial charge in [-0.3, -0.25) is 14.5 Å². The Morgan fingerprint density at radius 2 is 1.83 bits per heavy atom. The Morgan fingerprint density at radius 1 is 1.07 bits per heavy atom. The van der Waals surface area contributed by atoms with Crippen molar-refractivity contribution in [3.05, 3.63) is 58.7 Å². The number of aliphatic hydroxyl groups excluding tert-OH is 1. The smallest absolute Gasteiger partial charge is 0.295 e. The minimum absolute atomic E-state index is 0.00505. The van der Waals surface area contributed by atoms with Gasteiger partial charge in [0.1, 0.15) is 11.5 Å². The number of carbonyl (C=O) groups is 2. The number of rotatable bonds is 12. The first kappa shape index (κ1) is 30.4. The lowest BCUT2D eigenvalue weighted by Crippen LogP contribution is -2.42. The summed E-state index contributed by atoms with van der Waals surface area (Å²) in [5, 5.41) is 11.6. The second-order valence-electron chi connectivity index (χ2n) is 10.7. The third-order valence-electron chi connectivity index (χ3n) is 7.38. The van der Waals surface area contributed by atoms with Crippen LogP contribution in [0.25, 0.3) is 5.76 Å². The molecule has 2 saturated heterocycles. The van der Waals surface area contributed by atoms with Crippen LogP contribution in [0, 0.1) is 6.92 Å². The summed E-state index contributed by atoms with van der Waals surface area (Å²) >= 11 is 0. The summed E-state index contributed by atoms with van der Waals surface area (Å²) in [7, 11) is 1.56. The van der Waals surface area contributed by atoms with Crippen molar-refractivity contribution in [3.8, 4) is 17.2 Å². The zero-order chi connectivity index (χ0) is 29.5. The summed E-state index contributed by atoms with van der Waals surface area (Å²) in [5.41, 5.74) is 1.92. The highest BCUT2D eigenvalue weighted by molar-refractivity contribution is 6.46. The Balaban J connectivity index is 1.76. The second-order valence-corrected chi connectivity index (χ2v) is 10.7. The molecule has 0 aliphatic carbocycles. The van der Waals surface area contributed by atoms with Crippen LogP contribution in [0.4, 0.5) is 0 Å². The maximum absolute atomic E-state index is 13.6. The number of ether oxygens (including phenoxy) is 4. The number of morpholine rings is 1. The molecule has 1 unspecified atom stereocenters. The number of ketones is 1. The predicted molar refractivity (Wildman–Crippen MR) is 157 cm³/mol. The molecule has 2 aliphatic heterocycles. The molecule has 41 heavy (non-hydrogen) atoms. The van der Waals surface area contributed by atoms with E-state index in [0.29, 0.717) is 61.3 Å². The zero-order valence-corrected chi connectivity index (χ0v) is 24.8. The van der Waals surface area contributed by atoms with Gasteiger partial charge in [-0.2, -0.15) is 0 Å². The molecular formula is C32H42N2O7. The monoisotopic (exact) mass is 566 g/mol. The molecule has 0 bridgehead atoms. The number of nitrogens with zero attached hydrogens (tertiary/aromatic N) is 2. The fourth-order valence-corrected chi connectivity index (χ4v) is 5.22. The van der Waals surface area contributed by atoms with E-state index in [1.54, 1.807) is 36.3 Å². The van der Waals surface area contributed by atoms with Gasteiger partial charge in [-0.25, -0.2) is 0 Å². The highest BCUT2D eigenvalue weighted by Gasteiger charge is 2.46. The van der Waals surface area contributed by atoms with Gasteiger partial charge in [0.25, 0.3) is 11.7 Å². The van der Waals surface area contributed by atoms with Crippen molar-refractivity contribution in [3.63, 3.8) is 0 Å². The lowest BCUT2D eigenvalue weighted by Gasteiger charge is -2.31. The minimum atomic E-state index is -0.791. The van der Waals surface area contributed by atoms with Gasteiger partial charge in [-0.05, 0) is 68.7 Å². The Bertz CT molecular complexity index is 1270. The van der Waals surface area contributed by atoms with Gasteiger partial charge in [0.15, 0.2) is 11.5 Å². The van der Waals surface area contributed by atoms with Crippen LogP contribution in [0.3, 0.4) is 0 Å². The van der Waals surface area contributed by atoms with Gasteiger partial charge in [0, 0.05) is 31.7 Å². The van der Waals surface area contributed by atoms with E-state index in [9.17, 15) is 14.7 Å². The van der Waals surface area contributed by atoms with Crippen LogP contribution in [-0.4, -0.2) is 85.8 Å². The van der Waals surface area contributed by atoms with Crippen molar-refractivity contribution in [1.82, 2.24) is 9.80 Å². The maximum atomic E-state index is 13.6. The topological polar surface area (TPSA) is 97.8 Å². The third-order valence-corrected chi connectivity index (χ3v) is 7.38. The van der Waals surface area contributed by atoms with Crippen LogP contribution in [0.1, 0.15) is 56.3 Å². The van der Waals surface area contributed by atoms with Crippen LogP contribution in [-0.2, 0) is 14.3 Å². The van der Waals surface area contributed by atoms with Gasteiger partial charge in [0.05, 0.1) is 44.6 Å². The molecule has 222 valence electrons. The number of hydrogen-bond donors (Lipinski definition) is 1. The first-order chi connectivity index (χ1) is 19.7. The van der Waals surface area contributed by atoms with Crippen LogP contribution in [0.15, 0.2) is 42.0 Å². The molecule has 0 spiro atoms. The van der Waals surface area contributed by atoms with Crippen LogP contribution >= 0.6 is 0 Å². The Labute approximate surface area is 242 Å². The second kappa shape index (κ2) is 13.9. The predicted octanol–water partition coefficient (Wildman–Crippen LogP) is 4.72. The fraction of sp³-hybridized carbons (Fsp3) is 0.500. The van der Waals surface area contributed by atoms with E-state index in [2.05, 4.69) is 11.8 Å². The molecule has 2 heterocycles. The molecule has 2 aliphatic rings. The number of carbonyl (C=O) groups excluding carboxylic acids is 2. The van der Waals surface area contributed by atoms with Gasteiger partial charge in [0.2, 0.25) is 0 Å². The van der Waals surface area contributed by atoms with Gasteiger partial charge in [-0.1, -0.05) is 19.4 Å². The van der Waals surface area contributed by atoms with E-state index in [4.69, 9.17) is 18.9 Å². The number of unbranched alkanes of at least 4 members (excludes halogenated alkanes) is 1. The summed E-state index contributed by atoms with van der Waals surface area (Å²) in [6.07, 6.45) is 1.91. The minimum Gasteiger partial charge on any atom is -0.507 e. The lowest BCUT2D eigenvalue weighted by atomic mass is 9.93. The zero-order valence-electron chi connectivity index (χ0n) is 24.8. The highest BCUT2D eigenvalue weighted by Crippen LogP contribution is 2.42. The van der Waals surface area contributed by atoms with Crippen molar-refractivity contribution in [1.29, 1.82) is 0 Å². The summed E-state index contributed by atoms with van der Waals surface area (Å²) in [6.45, 7) is 12.1. The van der Waals surface area contributed by atoms with Gasteiger partial charge < -0.3 is 29.0 Å². The van der Waals surface area contributed by atoms with E-state index in [1.807, 2.05) is 32.9 Å². The van der Waals surface area contributed by atoms with Crippen molar-refractivity contribution in [2.45, 2.75) is 52.7 Å². The molecule has 0 saturated carbocycles. The van der Waals surface area contributed by atoms with E-state index in [1.165, 1.54) is 0 Å². The Kier molecular flexibility index (Phi) is 10.3. The van der Waals surface area contributed by atoms with Crippen molar-refractivity contribution >= 4 is 17.4 Å². The van der Waals surface area contributed by atoms with Gasteiger partial charge >= 0.3 is 0 Å². The number of likely N-dealkylation sites (tertiary alicyclic amines) is 1.